The predicted octanol–water partition coefficient (Wildman–Crippen LogP) is 2.38. The quantitative estimate of drug-likeness (QED) is 0.715. The summed E-state index contributed by atoms with van der Waals surface area (Å²) in [6.45, 7) is 2.26. The first-order valence-electron chi connectivity index (χ1n) is 6.85. The molecule has 0 aliphatic carbocycles. The third-order valence-corrected chi connectivity index (χ3v) is 4.39. The van der Waals surface area contributed by atoms with Crippen molar-refractivity contribution in [3.8, 4) is 5.75 Å². The van der Waals surface area contributed by atoms with Gasteiger partial charge >= 0.3 is 0 Å². The summed E-state index contributed by atoms with van der Waals surface area (Å²) in [5.41, 5.74) is 6.56. The Bertz CT molecular complexity index is 637. The smallest absolute Gasteiger partial charge is 0.263 e. The Hall–Kier alpha value is -1.79. The largest absolute Gasteiger partial charge is 0.496 e. The molecule has 1 heterocycles. The molecule has 0 aliphatic rings. The summed E-state index contributed by atoms with van der Waals surface area (Å²) in [5, 5.41) is 12.8. The van der Waals surface area contributed by atoms with Gasteiger partial charge in [-0.2, -0.15) is 0 Å². The van der Waals surface area contributed by atoms with Crippen LogP contribution >= 0.6 is 11.3 Å². The second-order valence-corrected chi connectivity index (χ2v) is 5.98. The normalized spacial score (nSPS) is 12.3. The van der Waals surface area contributed by atoms with Crippen molar-refractivity contribution in [2.24, 2.45) is 0 Å². The summed E-state index contributed by atoms with van der Waals surface area (Å²) in [6, 6.07) is 5.63. The topological polar surface area (TPSA) is 84.6 Å². The zero-order valence-corrected chi connectivity index (χ0v) is 13.0. The van der Waals surface area contributed by atoms with E-state index in [0.717, 1.165) is 16.5 Å². The number of nitrogen functional groups attached to an aromatic ring is 1. The first kappa shape index (κ1) is 15.6. The average molecular weight is 308 g/mol. The summed E-state index contributed by atoms with van der Waals surface area (Å²) < 4.78 is 6.22. The molecule has 0 fully saturated rings. The molecule has 1 atom stereocenters. The number of aliphatic hydroxyl groups is 1. The summed E-state index contributed by atoms with van der Waals surface area (Å²) >= 11 is 1.36. The number of rotatable bonds is 6. The lowest BCUT2D eigenvalue weighted by Crippen LogP contribution is -2.24. The number of benzene rings is 1. The molecule has 0 spiro atoms. The van der Waals surface area contributed by atoms with Crippen molar-refractivity contribution >= 4 is 33.0 Å². The van der Waals surface area contributed by atoms with Gasteiger partial charge in [0.15, 0.2) is 0 Å². The maximum Gasteiger partial charge on any atom is 0.263 e. The summed E-state index contributed by atoms with van der Waals surface area (Å²) in [5.74, 6) is 0.496. The summed E-state index contributed by atoms with van der Waals surface area (Å²) in [7, 11) is 1.59. The van der Waals surface area contributed by atoms with Gasteiger partial charge in [0.25, 0.3) is 5.91 Å². The molecule has 5 nitrogen and oxygen atoms in total. The number of methoxy groups -OCH3 is 1. The molecule has 0 aliphatic heterocycles. The molecule has 1 aromatic carbocycles. The van der Waals surface area contributed by atoms with Crippen molar-refractivity contribution in [3.63, 3.8) is 0 Å². The highest BCUT2D eigenvalue weighted by molar-refractivity contribution is 7.21. The number of aliphatic hydroxyl groups excluding tert-OH is 1. The number of anilines is 1. The molecule has 0 saturated heterocycles. The lowest BCUT2D eigenvalue weighted by Gasteiger charge is -2.06. The molecule has 1 aromatic heterocycles. The average Bonchev–Trinajstić information content (AvgIpc) is 2.80. The Balaban J connectivity index is 2.15. The zero-order valence-electron chi connectivity index (χ0n) is 12.2. The summed E-state index contributed by atoms with van der Waals surface area (Å²) in [6.07, 6.45) is 1.05. The van der Waals surface area contributed by atoms with Gasteiger partial charge < -0.3 is 20.9 Å². The van der Waals surface area contributed by atoms with Crippen LogP contribution in [-0.4, -0.2) is 30.8 Å². The molecular weight excluding hydrogens is 288 g/mol. The predicted molar refractivity (Wildman–Crippen MR) is 86.0 cm³/mol. The van der Waals surface area contributed by atoms with Crippen LogP contribution in [0.5, 0.6) is 5.75 Å². The van der Waals surface area contributed by atoms with Gasteiger partial charge in [-0.15, -0.1) is 11.3 Å². The third kappa shape index (κ3) is 3.46. The summed E-state index contributed by atoms with van der Waals surface area (Å²) in [4.78, 5) is 12.7. The van der Waals surface area contributed by atoms with Gasteiger partial charge in [0.1, 0.15) is 10.6 Å². The van der Waals surface area contributed by atoms with Crippen molar-refractivity contribution in [2.45, 2.75) is 25.9 Å². The van der Waals surface area contributed by atoms with Crippen LogP contribution in [0.25, 0.3) is 10.1 Å². The van der Waals surface area contributed by atoms with Gasteiger partial charge in [0, 0.05) is 11.2 Å². The van der Waals surface area contributed by atoms with E-state index in [1.165, 1.54) is 11.3 Å². The Morgan fingerprint density at radius 3 is 2.95 bits per heavy atom. The van der Waals surface area contributed by atoms with E-state index in [1.54, 1.807) is 14.0 Å². The standard InChI is InChI=1S/C15H20N2O3S/c1-9(18)5-4-8-17-15(19)14-13(16)12-10(20-2)6-3-7-11(12)21-14/h3,6-7,9,18H,4-5,8,16H2,1-2H3,(H,17,19). The fraction of sp³-hybridized carbons (Fsp3) is 0.400. The van der Waals surface area contributed by atoms with E-state index in [4.69, 9.17) is 10.5 Å². The molecule has 21 heavy (non-hydrogen) atoms. The number of hydrogen-bond acceptors (Lipinski definition) is 5. The minimum atomic E-state index is -0.347. The minimum absolute atomic E-state index is 0.179. The number of thiophene rings is 1. The van der Waals surface area contributed by atoms with Gasteiger partial charge in [-0.05, 0) is 31.9 Å². The monoisotopic (exact) mass is 308 g/mol. The van der Waals surface area contributed by atoms with Gasteiger partial charge in [0.05, 0.1) is 24.3 Å². The molecule has 0 bridgehead atoms. The van der Waals surface area contributed by atoms with Crippen molar-refractivity contribution < 1.29 is 14.6 Å². The molecule has 1 amide bonds. The molecule has 0 saturated carbocycles. The van der Waals surface area contributed by atoms with Gasteiger partial charge in [-0.1, -0.05) is 6.07 Å². The van der Waals surface area contributed by atoms with Crippen molar-refractivity contribution in [1.29, 1.82) is 0 Å². The van der Waals surface area contributed by atoms with Crippen LogP contribution in [0, 0.1) is 0 Å². The minimum Gasteiger partial charge on any atom is -0.496 e. The zero-order chi connectivity index (χ0) is 15.4. The van der Waals surface area contributed by atoms with E-state index < -0.39 is 0 Å². The van der Waals surface area contributed by atoms with E-state index in [1.807, 2.05) is 18.2 Å². The number of nitrogens with one attached hydrogen (secondary N) is 1. The molecule has 0 radical (unpaired) electrons. The number of amides is 1. The van der Waals surface area contributed by atoms with Crippen LogP contribution in [0.15, 0.2) is 18.2 Å². The lowest BCUT2D eigenvalue weighted by atomic mass is 10.2. The number of hydrogen-bond donors (Lipinski definition) is 3. The molecule has 4 N–H and O–H groups in total. The molecule has 114 valence electrons. The Morgan fingerprint density at radius 1 is 1.52 bits per heavy atom. The van der Waals surface area contributed by atoms with E-state index in [-0.39, 0.29) is 12.0 Å². The fourth-order valence-electron chi connectivity index (χ4n) is 2.16. The second kappa shape index (κ2) is 6.78. The van der Waals surface area contributed by atoms with Crippen LogP contribution in [0.3, 0.4) is 0 Å². The molecule has 1 unspecified atom stereocenters. The van der Waals surface area contributed by atoms with Crippen molar-refractivity contribution in [2.75, 3.05) is 19.4 Å². The van der Waals surface area contributed by atoms with E-state index in [9.17, 15) is 9.90 Å². The number of carbonyl (C=O) groups excluding carboxylic acids is 1. The molecular formula is C15H20N2O3S. The van der Waals surface area contributed by atoms with E-state index in [2.05, 4.69) is 5.32 Å². The first-order chi connectivity index (χ1) is 10.0. The molecule has 6 heteroatoms. The van der Waals surface area contributed by atoms with Gasteiger partial charge in [-0.25, -0.2) is 0 Å². The van der Waals surface area contributed by atoms with Crippen LogP contribution in [0.1, 0.15) is 29.4 Å². The van der Waals surface area contributed by atoms with Crippen LogP contribution in [0.2, 0.25) is 0 Å². The highest BCUT2D eigenvalue weighted by Crippen LogP contribution is 2.39. The Kier molecular flexibility index (Phi) is 5.03. The van der Waals surface area contributed by atoms with Crippen molar-refractivity contribution in [1.82, 2.24) is 5.32 Å². The van der Waals surface area contributed by atoms with Gasteiger partial charge in [-0.3, -0.25) is 4.79 Å². The number of carbonyl (C=O) groups is 1. The maximum absolute atomic E-state index is 12.2. The van der Waals surface area contributed by atoms with Crippen LogP contribution in [0.4, 0.5) is 5.69 Å². The number of ether oxygens (including phenoxy) is 1. The van der Waals surface area contributed by atoms with Crippen LogP contribution in [-0.2, 0) is 0 Å². The van der Waals surface area contributed by atoms with E-state index >= 15 is 0 Å². The molecule has 2 rings (SSSR count). The third-order valence-electron chi connectivity index (χ3n) is 3.22. The van der Waals surface area contributed by atoms with Gasteiger partial charge in [0.2, 0.25) is 0 Å². The Morgan fingerprint density at radius 2 is 2.29 bits per heavy atom. The van der Waals surface area contributed by atoms with Crippen LogP contribution < -0.4 is 15.8 Å². The number of nitrogens with two attached hydrogens (primary N) is 1. The Labute approximate surface area is 127 Å². The lowest BCUT2D eigenvalue weighted by molar-refractivity contribution is 0.0954. The SMILES string of the molecule is COc1cccc2sc(C(=O)NCCCC(C)O)c(N)c12. The second-order valence-electron chi connectivity index (χ2n) is 4.93. The fourth-order valence-corrected chi connectivity index (χ4v) is 3.21. The molecule has 2 aromatic rings. The van der Waals surface area contributed by atoms with Crippen molar-refractivity contribution in [3.05, 3.63) is 23.1 Å². The first-order valence-corrected chi connectivity index (χ1v) is 7.67. The highest BCUT2D eigenvalue weighted by Gasteiger charge is 2.18. The maximum atomic E-state index is 12.2. The number of fused-ring (bicyclic) bond motifs is 1. The highest BCUT2D eigenvalue weighted by atomic mass is 32.1. The van der Waals surface area contributed by atoms with E-state index in [0.29, 0.717) is 29.3 Å².